The normalized spacial score (nSPS) is 12.4. The van der Waals surface area contributed by atoms with Gasteiger partial charge in [-0.3, -0.25) is 9.59 Å². The van der Waals surface area contributed by atoms with Crippen molar-refractivity contribution >= 4 is 40.9 Å². The van der Waals surface area contributed by atoms with E-state index in [0.717, 1.165) is 5.56 Å². The standard InChI is InChI=1S/C19H20Cl2N2O4/c1-3-14(21)18(12(2)20)19(26)27-11-16(24)15(23-17(25)10-22)9-13-7-5-4-6-8-13/h3-8,15H,1-2,9-11,22H2,(H,23,25)/b18-14-/t15-/m0/s1. The van der Waals surface area contributed by atoms with E-state index in [1.165, 1.54) is 6.08 Å². The van der Waals surface area contributed by atoms with Crippen LogP contribution in [0.4, 0.5) is 0 Å². The number of rotatable bonds is 10. The number of esters is 1. The molecular formula is C19H20Cl2N2O4. The summed E-state index contributed by atoms with van der Waals surface area (Å²) >= 11 is 11.6. The molecule has 0 spiro atoms. The first-order chi connectivity index (χ1) is 12.8. The molecule has 0 aliphatic heterocycles. The van der Waals surface area contributed by atoms with Crippen molar-refractivity contribution in [2.75, 3.05) is 13.2 Å². The number of ether oxygens (including phenoxy) is 1. The lowest BCUT2D eigenvalue weighted by Gasteiger charge is -2.18. The van der Waals surface area contributed by atoms with Gasteiger partial charge in [0.15, 0.2) is 12.4 Å². The number of nitrogens with two attached hydrogens (primary N) is 1. The van der Waals surface area contributed by atoms with E-state index in [1.807, 2.05) is 30.3 Å². The minimum absolute atomic E-state index is 0.0512. The van der Waals surface area contributed by atoms with E-state index in [2.05, 4.69) is 18.5 Å². The number of Topliss-reactive ketones (excluding diaryl/α,β-unsaturated/α-hetero) is 1. The lowest BCUT2D eigenvalue weighted by atomic mass is 10.0. The summed E-state index contributed by atoms with van der Waals surface area (Å²) in [5, 5.41) is 2.33. The monoisotopic (exact) mass is 410 g/mol. The minimum Gasteiger partial charge on any atom is -0.454 e. The fourth-order valence-corrected chi connectivity index (χ4v) is 2.52. The van der Waals surface area contributed by atoms with Crippen molar-refractivity contribution in [1.29, 1.82) is 0 Å². The van der Waals surface area contributed by atoms with Crippen molar-refractivity contribution in [2.45, 2.75) is 12.5 Å². The van der Waals surface area contributed by atoms with Gasteiger partial charge in [-0.1, -0.05) is 66.7 Å². The molecule has 3 N–H and O–H groups in total. The quantitative estimate of drug-likeness (QED) is 0.350. The first kappa shape index (κ1) is 22.6. The third kappa shape index (κ3) is 7.38. The SMILES string of the molecule is C=C/C(Cl)=C(\C(=C)Cl)C(=O)OCC(=O)[C@H](Cc1ccccc1)NC(=O)CN. The molecule has 8 heteroatoms. The Morgan fingerprint density at radius 2 is 1.85 bits per heavy atom. The van der Waals surface area contributed by atoms with Crippen LogP contribution in [-0.4, -0.2) is 36.9 Å². The molecule has 27 heavy (non-hydrogen) atoms. The fourth-order valence-electron chi connectivity index (χ4n) is 2.10. The van der Waals surface area contributed by atoms with E-state index in [9.17, 15) is 14.4 Å². The number of allylic oxidation sites excluding steroid dienone is 2. The number of hydrogen-bond acceptors (Lipinski definition) is 5. The molecular weight excluding hydrogens is 391 g/mol. The zero-order valence-electron chi connectivity index (χ0n) is 14.5. The van der Waals surface area contributed by atoms with Gasteiger partial charge in [0.2, 0.25) is 5.91 Å². The Labute approximate surface area is 167 Å². The van der Waals surface area contributed by atoms with Crippen LogP contribution in [0.5, 0.6) is 0 Å². The van der Waals surface area contributed by atoms with Crippen LogP contribution < -0.4 is 11.1 Å². The molecule has 0 saturated carbocycles. The predicted molar refractivity (Wildman–Crippen MR) is 105 cm³/mol. The highest BCUT2D eigenvalue weighted by Crippen LogP contribution is 2.22. The summed E-state index contributed by atoms with van der Waals surface area (Å²) in [6.45, 7) is 6.01. The first-order valence-electron chi connectivity index (χ1n) is 7.90. The summed E-state index contributed by atoms with van der Waals surface area (Å²) in [5.74, 6) is -1.93. The van der Waals surface area contributed by atoms with E-state index in [-0.39, 0.29) is 28.6 Å². The topological polar surface area (TPSA) is 98.5 Å². The number of carbonyl (C=O) groups excluding carboxylic acids is 3. The van der Waals surface area contributed by atoms with E-state index >= 15 is 0 Å². The molecule has 0 aliphatic carbocycles. The van der Waals surface area contributed by atoms with Crippen LogP contribution in [0.25, 0.3) is 0 Å². The maximum Gasteiger partial charge on any atom is 0.341 e. The Kier molecular flexibility index (Phi) is 9.50. The number of hydrogen-bond donors (Lipinski definition) is 2. The van der Waals surface area contributed by atoms with E-state index in [0.29, 0.717) is 0 Å². The molecule has 0 aromatic heterocycles. The summed E-state index contributed by atoms with van der Waals surface area (Å²) < 4.78 is 4.98. The van der Waals surface area contributed by atoms with Crippen LogP contribution in [0.3, 0.4) is 0 Å². The second-order valence-corrected chi connectivity index (χ2v) is 6.25. The summed E-state index contributed by atoms with van der Waals surface area (Å²) in [7, 11) is 0. The maximum absolute atomic E-state index is 12.5. The van der Waals surface area contributed by atoms with E-state index in [4.69, 9.17) is 33.7 Å². The Morgan fingerprint density at radius 3 is 2.37 bits per heavy atom. The Bertz CT molecular complexity index is 760. The predicted octanol–water partition coefficient (Wildman–Crippen LogP) is 2.22. The maximum atomic E-state index is 12.5. The average molecular weight is 411 g/mol. The minimum atomic E-state index is -0.920. The van der Waals surface area contributed by atoms with Crippen LogP contribution in [0.1, 0.15) is 5.56 Å². The molecule has 1 rings (SSSR count). The van der Waals surface area contributed by atoms with Gasteiger partial charge in [-0.2, -0.15) is 0 Å². The highest BCUT2D eigenvalue weighted by atomic mass is 35.5. The van der Waals surface area contributed by atoms with Gasteiger partial charge in [0.05, 0.1) is 23.2 Å². The molecule has 0 bridgehead atoms. The molecule has 1 aromatic carbocycles. The molecule has 1 aromatic rings. The van der Waals surface area contributed by atoms with Crippen molar-refractivity contribution in [2.24, 2.45) is 5.73 Å². The first-order valence-corrected chi connectivity index (χ1v) is 8.65. The third-order valence-electron chi connectivity index (χ3n) is 3.43. The van der Waals surface area contributed by atoms with Crippen molar-refractivity contribution in [3.05, 3.63) is 70.8 Å². The van der Waals surface area contributed by atoms with Gasteiger partial charge in [0, 0.05) is 5.03 Å². The van der Waals surface area contributed by atoms with Crippen molar-refractivity contribution in [3.63, 3.8) is 0 Å². The lowest BCUT2D eigenvalue weighted by molar-refractivity contribution is -0.144. The van der Waals surface area contributed by atoms with E-state index < -0.39 is 30.3 Å². The molecule has 0 fully saturated rings. The molecule has 6 nitrogen and oxygen atoms in total. The van der Waals surface area contributed by atoms with Crippen LogP contribution in [-0.2, 0) is 25.5 Å². The van der Waals surface area contributed by atoms with Gasteiger partial charge in [0.25, 0.3) is 0 Å². The number of halogens is 2. The number of benzene rings is 1. The number of carbonyl (C=O) groups is 3. The second kappa shape index (κ2) is 11.3. The Morgan fingerprint density at radius 1 is 1.22 bits per heavy atom. The number of amides is 1. The van der Waals surface area contributed by atoms with Crippen LogP contribution in [0.15, 0.2) is 65.2 Å². The highest BCUT2D eigenvalue weighted by Gasteiger charge is 2.24. The van der Waals surface area contributed by atoms with Gasteiger partial charge in [-0.05, 0) is 18.1 Å². The van der Waals surface area contributed by atoms with Crippen molar-refractivity contribution < 1.29 is 19.1 Å². The second-order valence-electron chi connectivity index (χ2n) is 5.39. The summed E-state index contributed by atoms with van der Waals surface area (Å²) in [6, 6.07) is 8.16. The molecule has 0 saturated heterocycles. The van der Waals surface area contributed by atoms with Gasteiger partial charge in [-0.25, -0.2) is 4.79 Å². The number of nitrogens with one attached hydrogen (secondary N) is 1. The van der Waals surface area contributed by atoms with Crippen molar-refractivity contribution in [3.8, 4) is 0 Å². The highest BCUT2D eigenvalue weighted by molar-refractivity contribution is 6.39. The molecule has 1 atom stereocenters. The zero-order valence-corrected chi connectivity index (χ0v) is 16.1. The smallest absolute Gasteiger partial charge is 0.341 e. The molecule has 1 amide bonds. The van der Waals surface area contributed by atoms with Crippen LogP contribution in [0, 0.1) is 0 Å². The van der Waals surface area contributed by atoms with Gasteiger partial charge < -0.3 is 15.8 Å². The summed E-state index contributed by atoms with van der Waals surface area (Å²) in [6.07, 6.45) is 1.43. The molecule has 0 radical (unpaired) electrons. The summed E-state index contributed by atoms with van der Waals surface area (Å²) in [5.41, 5.74) is 5.93. The summed E-state index contributed by atoms with van der Waals surface area (Å²) in [4.78, 5) is 36.2. The van der Waals surface area contributed by atoms with Crippen molar-refractivity contribution in [1.82, 2.24) is 5.32 Å². The third-order valence-corrected chi connectivity index (χ3v) is 3.96. The molecule has 0 aliphatic rings. The van der Waals surface area contributed by atoms with Crippen LogP contribution in [0.2, 0.25) is 0 Å². The Hall–Kier alpha value is -2.41. The zero-order chi connectivity index (χ0) is 20.4. The van der Waals surface area contributed by atoms with E-state index in [1.54, 1.807) is 0 Å². The molecule has 0 unspecified atom stereocenters. The van der Waals surface area contributed by atoms with Gasteiger partial charge in [0.1, 0.15) is 0 Å². The van der Waals surface area contributed by atoms with Gasteiger partial charge >= 0.3 is 5.97 Å². The van der Waals surface area contributed by atoms with Gasteiger partial charge in [-0.15, -0.1) is 0 Å². The largest absolute Gasteiger partial charge is 0.454 e. The Balaban J connectivity index is 2.86. The lowest BCUT2D eigenvalue weighted by Crippen LogP contribution is -2.46. The molecule has 0 heterocycles. The average Bonchev–Trinajstić information content (AvgIpc) is 2.65. The fraction of sp³-hybridized carbons (Fsp3) is 0.211. The number of ketones is 1. The molecule has 144 valence electrons. The van der Waals surface area contributed by atoms with Crippen LogP contribution >= 0.6 is 23.2 Å².